The molecule has 98 valence electrons. The topological polar surface area (TPSA) is 83.6 Å². The molecule has 7 heteroatoms. The molecule has 0 fully saturated rings. The Hall–Kier alpha value is -2.70. The number of anilines is 1. The van der Waals surface area contributed by atoms with Crippen LogP contribution >= 0.6 is 0 Å². The van der Waals surface area contributed by atoms with Crippen molar-refractivity contribution in [3.63, 3.8) is 0 Å². The lowest BCUT2D eigenvalue weighted by molar-refractivity contribution is 0.0651. The van der Waals surface area contributed by atoms with Crippen LogP contribution in [0.2, 0.25) is 0 Å². The molecule has 19 heavy (non-hydrogen) atoms. The van der Waals surface area contributed by atoms with Crippen molar-refractivity contribution < 1.29 is 23.6 Å². The number of hydrogen-bond donors (Lipinski definition) is 1. The van der Waals surface area contributed by atoms with Crippen molar-refractivity contribution in [3.8, 4) is 0 Å². The summed E-state index contributed by atoms with van der Waals surface area (Å²) >= 11 is 0. The molecule has 0 saturated heterocycles. The summed E-state index contributed by atoms with van der Waals surface area (Å²) in [7, 11) is 1.46. The fraction of sp³-hybridized carbons (Fsp3) is 0.0833. The molecule has 2 rings (SSSR count). The van der Waals surface area contributed by atoms with Gasteiger partial charge in [0.1, 0.15) is 5.82 Å². The van der Waals surface area contributed by atoms with Crippen LogP contribution in [0.25, 0.3) is 0 Å². The van der Waals surface area contributed by atoms with Crippen molar-refractivity contribution in [2.45, 2.75) is 0 Å². The van der Waals surface area contributed by atoms with Gasteiger partial charge < -0.3 is 14.5 Å². The second-order valence-corrected chi connectivity index (χ2v) is 3.72. The van der Waals surface area contributed by atoms with Gasteiger partial charge in [-0.15, -0.1) is 0 Å². The van der Waals surface area contributed by atoms with Gasteiger partial charge in [0, 0.05) is 18.8 Å². The standard InChI is InChI=1S/C12H9FN2O4/c1-15(8-4-2-7(13)3-5-8)11(16)9-6-10(12(17)18)19-14-9/h2-6H,1H3,(H,17,18). The highest BCUT2D eigenvalue weighted by Gasteiger charge is 2.20. The second kappa shape index (κ2) is 4.89. The van der Waals surface area contributed by atoms with Crippen LogP contribution in [0.5, 0.6) is 0 Å². The maximum absolute atomic E-state index is 12.8. The van der Waals surface area contributed by atoms with Crippen molar-refractivity contribution in [1.29, 1.82) is 0 Å². The van der Waals surface area contributed by atoms with Crippen LogP contribution in [0.1, 0.15) is 21.0 Å². The summed E-state index contributed by atoms with van der Waals surface area (Å²) in [4.78, 5) is 23.8. The number of aromatic nitrogens is 1. The third-order valence-electron chi connectivity index (χ3n) is 2.46. The molecule has 0 radical (unpaired) electrons. The minimum Gasteiger partial charge on any atom is -0.475 e. The van der Waals surface area contributed by atoms with Gasteiger partial charge in [-0.25, -0.2) is 9.18 Å². The van der Waals surface area contributed by atoms with Crippen molar-refractivity contribution in [2.24, 2.45) is 0 Å². The largest absolute Gasteiger partial charge is 0.475 e. The minimum atomic E-state index is -1.31. The molecule has 0 aliphatic heterocycles. The second-order valence-electron chi connectivity index (χ2n) is 3.72. The molecule has 1 N–H and O–H groups in total. The Labute approximate surface area is 107 Å². The van der Waals surface area contributed by atoms with Crippen molar-refractivity contribution in [2.75, 3.05) is 11.9 Å². The van der Waals surface area contributed by atoms with E-state index in [0.29, 0.717) is 5.69 Å². The van der Waals surface area contributed by atoms with E-state index in [9.17, 15) is 14.0 Å². The SMILES string of the molecule is CN(C(=O)c1cc(C(=O)O)on1)c1ccc(F)cc1. The van der Waals surface area contributed by atoms with Crippen molar-refractivity contribution >= 4 is 17.6 Å². The van der Waals surface area contributed by atoms with Gasteiger partial charge in [0.15, 0.2) is 5.69 Å². The monoisotopic (exact) mass is 264 g/mol. The number of aromatic carboxylic acids is 1. The van der Waals surface area contributed by atoms with E-state index < -0.39 is 23.5 Å². The molecule has 2 aromatic rings. The van der Waals surface area contributed by atoms with E-state index in [4.69, 9.17) is 5.11 Å². The number of nitrogens with zero attached hydrogens (tertiary/aromatic N) is 2. The van der Waals surface area contributed by atoms with E-state index in [0.717, 1.165) is 6.07 Å². The number of halogens is 1. The lowest BCUT2D eigenvalue weighted by atomic mass is 10.2. The zero-order valence-electron chi connectivity index (χ0n) is 9.83. The van der Waals surface area contributed by atoms with Gasteiger partial charge in [-0.3, -0.25) is 4.79 Å². The number of carboxylic acid groups (broad SMARTS) is 1. The van der Waals surface area contributed by atoms with Gasteiger partial charge in [0.05, 0.1) is 0 Å². The van der Waals surface area contributed by atoms with Crippen LogP contribution in [0.15, 0.2) is 34.9 Å². The molecule has 0 spiro atoms. The van der Waals surface area contributed by atoms with Gasteiger partial charge >= 0.3 is 5.97 Å². The maximum Gasteiger partial charge on any atom is 0.374 e. The summed E-state index contributed by atoms with van der Waals surface area (Å²) in [5.74, 6) is -2.70. The molecule has 0 atom stereocenters. The number of carbonyl (C=O) groups is 2. The molecule has 0 aliphatic carbocycles. The third kappa shape index (κ3) is 2.59. The van der Waals surface area contributed by atoms with Crippen LogP contribution in [-0.4, -0.2) is 29.2 Å². The molecule has 1 amide bonds. The van der Waals surface area contributed by atoms with Crippen LogP contribution in [0.3, 0.4) is 0 Å². The van der Waals surface area contributed by atoms with Gasteiger partial charge in [-0.1, -0.05) is 5.16 Å². The molecule has 1 aromatic heterocycles. The number of hydrogen-bond acceptors (Lipinski definition) is 4. The van der Waals surface area contributed by atoms with E-state index in [1.54, 1.807) is 0 Å². The fourth-order valence-electron chi connectivity index (χ4n) is 1.43. The smallest absolute Gasteiger partial charge is 0.374 e. The predicted molar refractivity (Wildman–Crippen MR) is 62.6 cm³/mol. The average Bonchev–Trinajstić information content (AvgIpc) is 2.87. The first-order chi connectivity index (χ1) is 8.99. The lowest BCUT2D eigenvalue weighted by Gasteiger charge is -2.15. The summed E-state index contributed by atoms with van der Waals surface area (Å²) in [6, 6.07) is 6.30. The molecule has 1 aromatic carbocycles. The molecule has 0 saturated carbocycles. The Kier molecular flexibility index (Phi) is 3.28. The van der Waals surface area contributed by atoms with Gasteiger partial charge in [0.2, 0.25) is 5.76 Å². The minimum absolute atomic E-state index is 0.135. The van der Waals surface area contributed by atoms with Gasteiger partial charge in [-0.05, 0) is 24.3 Å². The summed E-state index contributed by atoms with van der Waals surface area (Å²) in [6.07, 6.45) is 0. The van der Waals surface area contributed by atoms with Crippen LogP contribution in [0, 0.1) is 5.82 Å². The zero-order chi connectivity index (χ0) is 14.0. The van der Waals surface area contributed by atoms with Crippen LogP contribution in [-0.2, 0) is 0 Å². The van der Waals surface area contributed by atoms with Crippen LogP contribution < -0.4 is 4.90 Å². The highest BCUT2D eigenvalue weighted by molar-refractivity contribution is 6.05. The molecule has 6 nitrogen and oxygen atoms in total. The molecular weight excluding hydrogens is 255 g/mol. The Balaban J connectivity index is 2.22. The summed E-state index contributed by atoms with van der Waals surface area (Å²) < 4.78 is 17.3. The molecule has 0 unspecified atom stereocenters. The quantitative estimate of drug-likeness (QED) is 0.913. The first kappa shape index (κ1) is 12.7. The Morgan fingerprint density at radius 2 is 1.95 bits per heavy atom. The van der Waals surface area contributed by atoms with E-state index in [1.807, 2.05) is 0 Å². The zero-order valence-corrected chi connectivity index (χ0v) is 9.83. The Morgan fingerprint density at radius 1 is 1.32 bits per heavy atom. The van der Waals surface area contributed by atoms with E-state index in [2.05, 4.69) is 9.68 Å². The first-order valence-corrected chi connectivity index (χ1v) is 5.22. The highest BCUT2D eigenvalue weighted by Crippen LogP contribution is 2.16. The van der Waals surface area contributed by atoms with Crippen molar-refractivity contribution in [3.05, 3.63) is 47.6 Å². The van der Waals surface area contributed by atoms with Gasteiger partial charge in [0.25, 0.3) is 5.91 Å². The number of benzene rings is 1. The molecular formula is C12H9FN2O4. The number of carbonyl (C=O) groups excluding carboxylic acids is 1. The van der Waals surface area contributed by atoms with Crippen LogP contribution in [0.4, 0.5) is 10.1 Å². The average molecular weight is 264 g/mol. The summed E-state index contributed by atoms with van der Waals surface area (Å²) in [5.41, 5.74) is 0.315. The summed E-state index contributed by atoms with van der Waals surface area (Å²) in [6.45, 7) is 0. The summed E-state index contributed by atoms with van der Waals surface area (Å²) in [5, 5.41) is 12.0. The molecule has 0 aliphatic rings. The lowest BCUT2D eigenvalue weighted by Crippen LogP contribution is -2.26. The Morgan fingerprint density at radius 3 is 2.47 bits per heavy atom. The fourth-order valence-corrected chi connectivity index (χ4v) is 1.43. The Bertz CT molecular complexity index is 621. The van der Waals surface area contributed by atoms with E-state index in [-0.39, 0.29) is 5.69 Å². The van der Waals surface area contributed by atoms with E-state index >= 15 is 0 Å². The number of amides is 1. The van der Waals surface area contributed by atoms with Gasteiger partial charge in [-0.2, -0.15) is 0 Å². The predicted octanol–water partition coefficient (Wildman–Crippen LogP) is 1.79. The number of rotatable bonds is 3. The highest BCUT2D eigenvalue weighted by atomic mass is 19.1. The molecule has 1 heterocycles. The molecule has 0 bridgehead atoms. The normalized spacial score (nSPS) is 10.2. The first-order valence-electron chi connectivity index (χ1n) is 5.22. The maximum atomic E-state index is 12.8. The van der Waals surface area contributed by atoms with Crippen molar-refractivity contribution in [1.82, 2.24) is 5.16 Å². The number of carboxylic acids is 1. The third-order valence-corrected chi connectivity index (χ3v) is 2.46. The van der Waals surface area contributed by atoms with E-state index in [1.165, 1.54) is 36.2 Å².